The van der Waals surface area contributed by atoms with E-state index in [4.69, 9.17) is 11.6 Å². The molecule has 2 heteroatoms. The zero-order valence-corrected chi connectivity index (χ0v) is 13.2. The topological polar surface area (TPSA) is 0 Å². The second-order valence-electron chi connectivity index (χ2n) is 4.87. The summed E-state index contributed by atoms with van der Waals surface area (Å²) >= 11 is 8.31. The first-order chi connectivity index (χ1) is 9.10. The molecule has 0 spiro atoms. The van der Waals surface area contributed by atoms with E-state index in [1.165, 1.54) is 27.1 Å². The van der Waals surface area contributed by atoms with E-state index in [1.807, 2.05) is 0 Å². The molecule has 0 aliphatic heterocycles. The first-order valence-corrected chi connectivity index (χ1v) is 8.10. The highest BCUT2D eigenvalue weighted by Crippen LogP contribution is 2.28. The Hall–Kier alpha value is -0.920. The summed E-state index contributed by atoms with van der Waals surface area (Å²) in [5, 5.41) is 0.0383. The lowest BCUT2D eigenvalue weighted by Crippen LogP contribution is -1.98. The van der Waals surface area contributed by atoms with Crippen molar-refractivity contribution < 1.29 is 0 Å². The molecular weight excluding hydrogens is 272 g/mol. The van der Waals surface area contributed by atoms with Gasteiger partial charge >= 0.3 is 0 Å². The average molecular weight is 291 g/mol. The Morgan fingerprint density at radius 3 is 2.37 bits per heavy atom. The van der Waals surface area contributed by atoms with Crippen LogP contribution in [0.5, 0.6) is 0 Å². The molecule has 0 aliphatic carbocycles. The van der Waals surface area contributed by atoms with Crippen LogP contribution >= 0.6 is 23.4 Å². The van der Waals surface area contributed by atoms with Gasteiger partial charge in [-0.2, -0.15) is 0 Å². The molecule has 1 atom stereocenters. The van der Waals surface area contributed by atoms with E-state index in [2.05, 4.69) is 62.6 Å². The lowest BCUT2D eigenvalue weighted by Gasteiger charge is -2.13. The van der Waals surface area contributed by atoms with E-state index in [0.29, 0.717) is 0 Å². The molecule has 0 N–H and O–H groups in total. The largest absolute Gasteiger partial charge is 0.130 e. The predicted molar refractivity (Wildman–Crippen MR) is 86.4 cm³/mol. The SMILES string of the molecule is CSc1ccc(C(Cl)Cc2cc(C)ccc2C)cc1. The van der Waals surface area contributed by atoms with Gasteiger partial charge in [-0.1, -0.05) is 35.9 Å². The molecule has 2 rings (SSSR count). The summed E-state index contributed by atoms with van der Waals surface area (Å²) in [5.74, 6) is 0. The number of benzene rings is 2. The Bertz CT molecular complexity index is 546. The van der Waals surface area contributed by atoms with Crippen molar-refractivity contribution in [1.82, 2.24) is 0 Å². The fourth-order valence-corrected chi connectivity index (χ4v) is 2.86. The average Bonchev–Trinajstić information content (AvgIpc) is 2.43. The van der Waals surface area contributed by atoms with Gasteiger partial charge in [0.05, 0.1) is 5.38 Å². The Morgan fingerprint density at radius 1 is 1.05 bits per heavy atom. The van der Waals surface area contributed by atoms with Gasteiger partial charge in [0.1, 0.15) is 0 Å². The van der Waals surface area contributed by atoms with Crippen LogP contribution in [0, 0.1) is 13.8 Å². The molecule has 2 aromatic carbocycles. The number of thioether (sulfide) groups is 1. The minimum Gasteiger partial charge on any atom is -0.130 e. The number of hydrogen-bond donors (Lipinski definition) is 0. The van der Waals surface area contributed by atoms with Crippen molar-refractivity contribution in [2.24, 2.45) is 0 Å². The van der Waals surface area contributed by atoms with Gasteiger partial charge in [0.15, 0.2) is 0 Å². The van der Waals surface area contributed by atoms with Crippen molar-refractivity contribution in [3.05, 3.63) is 64.7 Å². The van der Waals surface area contributed by atoms with Gasteiger partial charge in [-0.15, -0.1) is 23.4 Å². The highest BCUT2D eigenvalue weighted by molar-refractivity contribution is 7.98. The molecule has 0 nitrogen and oxygen atoms in total. The molecule has 2 aromatic rings. The molecule has 0 heterocycles. The third-order valence-corrected chi connectivity index (χ3v) is 4.53. The lowest BCUT2D eigenvalue weighted by atomic mass is 9.98. The molecule has 0 bridgehead atoms. The monoisotopic (exact) mass is 290 g/mol. The van der Waals surface area contributed by atoms with Crippen LogP contribution in [0.15, 0.2) is 47.4 Å². The maximum absolute atomic E-state index is 6.55. The molecule has 100 valence electrons. The van der Waals surface area contributed by atoms with E-state index in [9.17, 15) is 0 Å². The molecule has 0 saturated heterocycles. The number of alkyl halides is 1. The van der Waals surface area contributed by atoms with Crippen LogP contribution in [0.25, 0.3) is 0 Å². The third-order valence-electron chi connectivity index (χ3n) is 3.38. The van der Waals surface area contributed by atoms with Crippen molar-refractivity contribution in [2.75, 3.05) is 6.26 Å². The van der Waals surface area contributed by atoms with Gasteiger partial charge in [-0.3, -0.25) is 0 Å². The van der Waals surface area contributed by atoms with Crippen molar-refractivity contribution in [1.29, 1.82) is 0 Å². The van der Waals surface area contributed by atoms with Crippen LogP contribution in [0.2, 0.25) is 0 Å². The number of hydrogen-bond acceptors (Lipinski definition) is 1. The van der Waals surface area contributed by atoms with E-state index in [0.717, 1.165) is 6.42 Å². The number of halogens is 1. The van der Waals surface area contributed by atoms with Gasteiger partial charge < -0.3 is 0 Å². The van der Waals surface area contributed by atoms with Crippen LogP contribution < -0.4 is 0 Å². The summed E-state index contributed by atoms with van der Waals surface area (Å²) in [7, 11) is 0. The maximum atomic E-state index is 6.55. The smallest absolute Gasteiger partial charge is 0.0625 e. The van der Waals surface area contributed by atoms with E-state index >= 15 is 0 Å². The fraction of sp³-hybridized carbons (Fsp3) is 0.294. The first kappa shape index (κ1) is 14.5. The molecule has 19 heavy (non-hydrogen) atoms. The van der Waals surface area contributed by atoms with Crippen LogP contribution in [0.1, 0.15) is 27.6 Å². The Labute approximate surface area is 125 Å². The predicted octanol–water partition coefficient (Wildman–Crippen LogP) is 5.55. The van der Waals surface area contributed by atoms with E-state index < -0.39 is 0 Å². The zero-order valence-electron chi connectivity index (χ0n) is 11.6. The highest BCUT2D eigenvalue weighted by Gasteiger charge is 2.10. The third kappa shape index (κ3) is 3.77. The lowest BCUT2D eigenvalue weighted by molar-refractivity contribution is 0.907. The summed E-state index contributed by atoms with van der Waals surface area (Å²) in [6, 6.07) is 15.1. The van der Waals surface area contributed by atoms with Crippen LogP contribution in [-0.2, 0) is 6.42 Å². The maximum Gasteiger partial charge on any atom is 0.0625 e. The zero-order chi connectivity index (χ0) is 13.8. The number of rotatable bonds is 4. The molecule has 0 fully saturated rings. The Morgan fingerprint density at radius 2 is 1.74 bits per heavy atom. The molecule has 0 saturated carbocycles. The van der Waals surface area contributed by atoms with Crippen LogP contribution in [0.3, 0.4) is 0 Å². The van der Waals surface area contributed by atoms with E-state index in [-0.39, 0.29) is 5.38 Å². The van der Waals surface area contributed by atoms with E-state index in [1.54, 1.807) is 11.8 Å². The summed E-state index contributed by atoms with van der Waals surface area (Å²) in [4.78, 5) is 1.28. The molecule has 0 radical (unpaired) electrons. The second-order valence-corrected chi connectivity index (χ2v) is 6.28. The van der Waals surface area contributed by atoms with Crippen molar-refractivity contribution in [3.8, 4) is 0 Å². The van der Waals surface area contributed by atoms with Crippen molar-refractivity contribution in [3.63, 3.8) is 0 Å². The second kappa shape index (κ2) is 6.49. The fourth-order valence-electron chi connectivity index (χ4n) is 2.14. The van der Waals surface area contributed by atoms with Crippen LogP contribution in [0.4, 0.5) is 0 Å². The van der Waals surface area contributed by atoms with Gasteiger partial charge in [-0.05, 0) is 55.3 Å². The summed E-state index contributed by atoms with van der Waals surface area (Å²) in [5.41, 5.74) is 5.15. The molecule has 0 amide bonds. The summed E-state index contributed by atoms with van der Waals surface area (Å²) < 4.78 is 0. The minimum atomic E-state index is 0.0383. The Kier molecular flexibility index (Phi) is 4.95. The summed E-state index contributed by atoms with van der Waals surface area (Å²) in [6.07, 6.45) is 2.97. The first-order valence-electron chi connectivity index (χ1n) is 6.44. The Balaban J connectivity index is 2.15. The van der Waals surface area contributed by atoms with Crippen molar-refractivity contribution in [2.45, 2.75) is 30.5 Å². The van der Waals surface area contributed by atoms with Gasteiger partial charge in [0, 0.05) is 4.90 Å². The molecule has 1 unspecified atom stereocenters. The van der Waals surface area contributed by atoms with Gasteiger partial charge in [0.25, 0.3) is 0 Å². The van der Waals surface area contributed by atoms with Gasteiger partial charge in [-0.25, -0.2) is 0 Å². The minimum absolute atomic E-state index is 0.0383. The molecule has 0 aliphatic rings. The molecule has 0 aromatic heterocycles. The summed E-state index contributed by atoms with van der Waals surface area (Å²) in [6.45, 7) is 4.27. The standard InChI is InChI=1S/C17H19ClS/c1-12-4-5-13(2)15(10-12)11-17(18)14-6-8-16(19-3)9-7-14/h4-10,17H,11H2,1-3H3. The van der Waals surface area contributed by atoms with Crippen molar-refractivity contribution >= 4 is 23.4 Å². The highest BCUT2D eigenvalue weighted by atomic mass is 35.5. The quantitative estimate of drug-likeness (QED) is 0.525. The normalized spacial score (nSPS) is 12.4. The van der Waals surface area contributed by atoms with Crippen LogP contribution in [-0.4, -0.2) is 6.26 Å². The van der Waals surface area contributed by atoms with Gasteiger partial charge in [0.2, 0.25) is 0 Å². The molecular formula is C17H19ClS. The number of aryl methyl sites for hydroxylation is 2.